The first-order valence-corrected chi connectivity index (χ1v) is 23.4. The van der Waals surface area contributed by atoms with Crippen molar-refractivity contribution in [1.82, 2.24) is 0 Å². The highest BCUT2D eigenvalue weighted by Crippen LogP contribution is 2.64. The summed E-state index contributed by atoms with van der Waals surface area (Å²) in [6.07, 6.45) is 0. The molecule has 1 heterocycles. The second-order valence-electron chi connectivity index (χ2n) is 22.3. The predicted octanol–water partition coefficient (Wildman–Crippen LogP) is 16.4. The van der Waals surface area contributed by atoms with E-state index < -0.39 is 5.41 Å². The lowest BCUT2D eigenvalue weighted by atomic mass is 9.70. The van der Waals surface area contributed by atoms with Crippen LogP contribution < -0.4 is 10.3 Å². The van der Waals surface area contributed by atoms with Gasteiger partial charge in [0.25, 0.3) is 0 Å². The molecule has 316 valence electrons. The summed E-state index contributed by atoms with van der Waals surface area (Å²) in [6.45, 7) is 27.9. The Labute approximate surface area is 378 Å². The largest absolute Gasteiger partial charge is 0.310 e. The quantitative estimate of drug-likeness (QED) is 0.165. The molecule has 0 bridgehead atoms. The molecule has 2 nitrogen and oxygen atoms in total. The lowest BCUT2D eigenvalue weighted by Gasteiger charge is -2.35. The van der Waals surface area contributed by atoms with Crippen molar-refractivity contribution >= 4 is 48.6 Å². The van der Waals surface area contributed by atoms with Gasteiger partial charge in [-0.3, -0.25) is 4.79 Å². The molecule has 0 fully saturated rings. The van der Waals surface area contributed by atoms with Crippen molar-refractivity contribution in [3.63, 3.8) is 0 Å². The van der Waals surface area contributed by atoms with Crippen LogP contribution >= 0.6 is 11.3 Å². The molecule has 7 aromatic carbocycles. The molecule has 0 aliphatic heterocycles. The summed E-state index contributed by atoms with van der Waals surface area (Å²) in [5.74, 6) is 0. The minimum Gasteiger partial charge on any atom is -0.310 e. The van der Waals surface area contributed by atoms with E-state index in [0.29, 0.717) is 0 Å². The molecule has 0 saturated heterocycles. The second kappa shape index (κ2) is 13.9. The summed E-state index contributed by atoms with van der Waals surface area (Å²) in [5.41, 5.74) is 17.8. The molecule has 10 rings (SSSR count). The SMILES string of the molecule is CC(C)(C)c1cc(N(c2cc(C(C)(C)C)cc(C(C)(C)C)c2)c2ccc3c(c2)C2(c4ccccc4-3)c3ccccc3-c3cc4sc5ccccc5c(=O)c4cc32)cc(C(C)(C)C)c1. The van der Waals surface area contributed by atoms with Crippen LogP contribution in [0.5, 0.6) is 0 Å². The molecule has 0 saturated carbocycles. The normalized spacial score (nSPS) is 15.7. The Kier molecular flexibility index (Phi) is 9.08. The smallest absolute Gasteiger partial charge is 0.195 e. The van der Waals surface area contributed by atoms with E-state index in [9.17, 15) is 4.79 Å². The molecule has 0 radical (unpaired) electrons. The maximum absolute atomic E-state index is 14.5. The van der Waals surface area contributed by atoms with Gasteiger partial charge in [-0.25, -0.2) is 0 Å². The van der Waals surface area contributed by atoms with Crippen LogP contribution in [0.1, 0.15) is 128 Å². The molecule has 63 heavy (non-hydrogen) atoms. The van der Waals surface area contributed by atoms with Crippen molar-refractivity contribution in [2.75, 3.05) is 4.90 Å². The summed E-state index contributed by atoms with van der Waals surface area (Å²) in [4.78, 5) is 17.0. The summed E-state index contributed by atoms with van der Waals surface area (Å²) >= 11 is 1.71. The number of hydrogen-bond acceptors (Lipinski definition) is 3. The number of nitrogens with zero attached hydrogens (tertiary/aromatic N) is 1. The summed E-state index contributed by atoms with van der Waals surface area (Å²) in [7, 11) is 0. The zero-order valence-electron chi connectivity index (χ0n) is 39.0. The predicted molar refractivity (Wildman–Crippen MR) is 271 cm³/mol. The van der Waals surface area contributed by atoms with E-state index in [1.807, 2.05) is 18.2 Å². The van der Waals surface area contributed by atoms with Crippen LogP contribution in [0.15, 0.2) is 144 Å². The highest BCUT2D eigenvalue weighted by Gasteiger charge is 2.52. The van der Waals surface area contributed by atoms with Crippen LogP contribution in [0.25, 0.3) is 42.4 Å². The molecule has 3 heteroatoms. The fourth-order valence-electron chi connectivity index (χ4n) is 10.2. The Balaban J connectivity index is 1.32. The van der Waals surface area contributed by atoms with Gasteiger partial charge in [-0.1, -0.05) is 162 Å². The van der Waals surface area contributed by atoms with Gasteiger partial charge in [0, 0.05) is 37.2 Å². The van der Waals surface area contributed by atoms with Crippen molar-refractivity contribution in [2.45, 2.75) is 110 Å². The molecule has 1 aromatic heterocycles. The van der Waals surface area contributed by atoms with E-state index in [2.05, 4.69) is 209 Å². The van der Waals surface area contributed by atoms with E-state index in [-0.39, 0.29) is 27.1 Å². The van der Waals surface area contributed by atoms with Gasteiger partial charge in [0.2, 0.25) is 0 Å². The van der Waals surface area contributed by atoms with Crippen LogP contribution in [-0.4, -0.2) is 0 Å². The van der Waals surface area contributed by atoms with Crippen molar-refractivity contribution in [2.24, 2.45) is 0 Å². The molecule has 2 aliphatic carbocycles. The Bertz CT molecular complexity index is 3110. The zero-order chi connectivity index (χ0) is 44.6. The molecule has 1 unspecified atom stereocenters. The second-order valence-corrected chi connectivity index (χ2v) is 23.3. The zero-order valence-corrected chi connectivity index (χ0v) is 39.9. The maximum Gasteiger partial charge on any atom is 0.195 e. The first-order chi connectivity index (χ1) is 29.7. The van der Waals surface area contributed by atoms with E-state index in [1.54, 1.807) is 11.3 Å². The van der Waals surface area contributed by atoms with Gasteiger partial charge < -0.3 is 4.90 Å². The van der Waals surface area contributed by atoms with Crippen molar-refractivity contribution in [3.8, 4) is 22.3 Å². The minimum absolute atomic E-state index is 0.0677. The lowest BCUT2D eigenvalue weighted by molar-refractivity contribution is 0.568. The molecular formula is C60H59NOS. The Morgan fingerprint density at radius 2 is 0.825 bits per heavy atom. The maximum atomic E-state index is 14.5. The van der Waals surface area contributed by atoms with Crippen LogP contribution in [0.2, 0.25) is 0 Å². The average Bonchev–Trinajstić information content (AvgIpc) is 3.68. The van der Waals surface area contributed by atoms with E-state index in [1.165, 1.54) is 66.8 Å². The topological polar surface area (TPSA) is 20.3 Å². The van der Waals surface area contributed by atoms with Gasteiger partial charge in [-0.15, -0.1) is 11.3 Å². The number of benzene rings is 7. The third kappa shape index (κ3) is 6.44. The molecule has 1 spiro atoms. The Morgan fingerprint density at radius 3 is 1.35 bits per heavy atom. The molecule has 1 atom stereocenters. The molecule has 2 aliphatic rings. The third-order valence-corrected chi connectivity index (χ3v) is 15.0. The first kappa shape index (κ1) is 41.3. The fraction of sp³-hybridized carbons (Fsp3) is 0.283. The van der Waals surface area contributed by atoms with Crippen LogP contribution in [0.4, 0.5) is 17.1 Å². The van der Waals surface area contributed by atoms with Gasteiger partial charge >= 0.3 is 0 Å². The highest BCUT2D eigenvalue weighted by molar-refractivity contribution is 7.24. The van der Waals surface area contributed by atoms with Gasteiger partial charge in [0.1, 0.15) is 0 Å². The standard InChI is InChI=1S/C60H59NOS/c1-56(2,3)36-27-37(57(4,5)6)30-41(29-36)61(42-31-38(58(7,8)9)28-39(32-42)59(10,11)12)40-25-26-45-43-19-13-16-22-49(43)60(51(45)33-40)50-23-17-14-20-44(50)47-35-54-48(34-52(47)60)55(62)46-21-15-18-24-53(46)63-54/h13-35H,1-12H3. The Hall–Kier alpha value is -5.77. The van der Waals surface area contributed by atoms with Gasteiger partial charge in [0.05, 0.1) is 5.41 Å². The third-order valence-electron chi connectivity index (χ3n) is 13.8. The number of rotatable bonds is 3. The number of hydrogen-bond donors (Lipinski definition) is 0. The molecule has 0 amide bonds. The van der Waals surface area contributed by atoms with Crippen LogP contribution in [-0.2, 0) is 27.1 Å². The molecule has 0 N–H and O–H groups in total. The van der Waals surface area contributed by atoms with Crippen LogP contribution in [0.3, 0.4) is 0 Å². The minimum atomic E-state index is -0.635. The van der Waals surface area contributed by atoms with Crippen molar-refractivity contribution in [1.29, 1.82) is 0 Å². The van der Waals surface area contributed by atoms with Crippen LogP contribution in [0, 0.1) is 0 Å². The highest BCUT2D eigenvalue weighted by atomic mass is 32.1. The van der Waals surface area contributed by atoms with E-state index in [0.717, 1.165) is 37.2 Å². The first-order valence-electron chi connectivity index (χ1n) is 22.6. The monoisotopic (exact) mass is 841 g/mol. The van der Waals surface area contributed by atoms with Gasteiger partial charge in [-0.2, -0.15) is 0 Å². The van der Waals surface area contributed by atoms with Crippen molar-refractivity contribution < 1.29 is 0 Å². The number of anilines is 3. The summed E-state index contributed by atoms with van der Waals surface area (Å²) in [5, 5.41) is 1.57. The lowest BCUT2D eigenvalue weighted by Crippen LogP contribution is -2.26. The van der Waals surface area contributed by atoms with E-state index in [4.69, 9.17) is 0 Å². The Morgan fingerprint density at radius 1 is 0.381 bits per heavy atom. The average molecular weight is 842 g/mol. The fourth-order valence-corrected chi connectivity index (χ4v) is 11.3. The van der Waals surface area contributed by atoms with E-state index >= 15 is 0 Å². The molecular weight excluding hydrogens is 783 g/mol. The molecule has 8 aromatic rings. The number of fused-ring (bicyclic) bond motifs is 12. The van der Waals surface area contributed by atoms with Gasteiger partial charge in [-0.05, 0) is 149 Å². The van der Waals surface area contributed by atoms with Crippen molar-refractivity contribution in [3.05, 3.63) is 194 Å². The van der Waals surface area contributed by atoms with Gasteiger partial charge in [0.15, 0.2) is 5.43 Å². The summed E-state index contributed by atoms with van der Waals surface area (Å²) in [6, 6.07) is 52.4. The summed E-state index contributed by atoms with van der Waals surface area (Å²) < 4.78 is 2.05.